The maximum Gasteiger partial charge on any atom is 0.120 e. The third kappa shape index (κ3) is 7.14. The molecule has 5 aromatic rings. The molecule has 0 spiro atoms. The second-order valence-electron chi connectivity index (χ2n) is 10.9. The molecular formula is C36H34O6. The fourth-order valence-corrected chi connectivity index (χ4v) is 4.92. The third-order valence-electron chi connectivity index (χ3n) is 7.58. The van der Waals surface area contributed by atoms with Gasteiger partial charge in [-0.15, -0.1) is 0 Å². The van der Waals surface area contributed by atoms with Gasteiger partial charge in [0.05, 0.1) is 26.4 Å². The van der Waals surface area contributed by atoms with Crippen LogP contribution in [0.25, 0.3) is 21.5 Å². The van der Waals surface area contributed by atoms with Gasteiger partial charge in [0.2, 0.25) is 0 Å². The van der Waals surface area contributed by atoms with Gasteiger partial charge in [0, 0.05) is 12.8 Å². The summed E-state index contributed by atoms with van der Waals surface area (Å²) < 4.78 is 34.1. The Hall–Kier alpha value is -4.26. The number of epoxide rings is 2. The van der Waals surface area contributed by atoms with Gasteiger partial charge in [0.1, 0.15) is 48.4 Å². The summed E-state index contributed by atoms with van der Waals surface area (Å²) in [4.78, 5) is 0. The quantitative estimate of drug-likeness (QED) is 0.139. The van der Waals surface area contributed by atoms with Gasteiger partial charge < -0.3 is 28.4 Å². The van der Waals surface area contributed by atoms with E-state index in [0.29, 0.717) is 26.4 Å². The molecule has 0 saturated carbocycles. The average molecular weight is 563 g/mol. The smallest absolute Gasteiger partial charge is 0.120 e. The highest BCUT2D eigenvalue weighted by atomic mass is 16.6. The third-order valence-corrected chi connectivity index (χ3v) is 7.58. The number of rotatable bonds is 14. The molecule has 2 fully saturated rings. The first kappa shape index (κ1) is 26.6. The van der Waals surface area contributed by atoms with Crippen LogP contribution in [0.1, 0.15) is 11.1 Å². The molecule has 6 heteroatoms. The second-order valence-corrected chi connectivity index (χ2v) is 10.9. The summed E-state index contributed by atoms with van der Waals surface area (Å²) in [5.74, 6) is 3.50. The summed E-state index contributed by atoms with van der Waals surface area (Å²) in [5, 5.41) is 4.54. The Balaban J connectivity index is 0.850. The molecule has 0 amide bonds. The Labute approximate surface area is 245 Å². The largest absolute Gasteiger partial charge is 0.493 e. The van der Waals surface area contributed by atoms with Gasteiger partial charge in [-0.3, -0.25) is 0 Å². The van der Waals surface area contributed by atoms with E-state index in [-0.39, 0.29) is 12.2 Å². The molecule has 2 aliphatic heterocycles. The number of benzene rings is 5. The van der Waals surface area contributed by atoms with Crippen LogP contribution >= 0.6 is 0 Å². The molecule has 6 nitrogen and oxygen atoms in total. The van der Waals surface area contributed by atoms with Crippen molar-refractivity contribution in [3.05, 3.63) is 108 Å². The molecule has 2 atom stereocenters. The highest BCUT2D eigenvalue weighted by Gasteiger charge is 2.23. The number of fused-ring (bicyclic) bond motifs is 2. The normalized spacial score (nSPS) is 17.2. The molecule has 0 aliphatic carbocycles. The van der Waals surface area contributed by atoms with E-state index in [1.807, 2.05) is 24.3 Å². The van der Waals surface area contributed by atoms with Crippen LogP contribution in [-0.2, 0) is 22.3 Å². The minimum Gasteiger partial charge on any atom is -0.493 e. The van der Waals surface area contributed by atoms with Crippen molar-refractivity contribution in [1.29, 1.82) is 0 Å². The van der Waals surface area contributed by atoms with Crippen LogP contribution in [0.4, 0.5) is 0 Å². The first-order valence-electron chi connectivity index (χ1n) is 14.6. The van der Waals surface area contributed by atoms with Crippen molar-refractivity contribution in [3.8, 4) is 23.0 Å². The Morgan fingerprint density at radius 3 is 1.12 bits per heavy atom. The maximum atomic E-state index is 6.06. The van der Waals surface area contributed by atoms with Gasteiger partial charge in [-0.1, -0.05) is 48.5 Å². The van der Waals surface area contributed by atoms with Crippen LogP contribution < -0.4 is 18.9 Å². The van der Waals surface area contributed by atoms with Gasteiger partial charge >= 0.3 is 0 Å². The maximum absolute atomic E-state index is 6.06. The zero-order chi connectivity index (χ0) is 28.1. The van der Waals surface area contributed by atoms with Gasteiger partial charge in [-0.2, -0.15) is 0 Å². The van der Waals surface area contributed by atoms with E-state index in [2.05, 4.69) is 72.8 Å². The van der Waals surface area contributed by atoms with E-state index in [9.17, 15) is 0 Å². The summed E-state index contributed by atoms with van der Waals surface area (Å²) in [6.45, 7) is 4.08. The van der Waals surface area contributed by atoms with Crippen molar-refractivity contribution in [2.75, 3.05) is 39.6 Å². The van der Waals surface area contributed by atoms with Crippen molar-refractivity contribution in [2.45, 2.75) is 25.0 Å². The predicted octanol–water partition coefficient (Wildman–Crippen LogP) is 6.79. The molecule has 214 valence electrons. The van der Waals surface area contributed by atoms with E-state index >= 15 is 0 Å². The van der Waals surface area contributed by atoms with E-state index in [0.717, 1.165) is 70.6 Å². The fourth-order valence-electron chi connectivity index (χ4n) is 4.92. The molecule has 2 heterocycles. The molecule has 7 rings (SSSR count). The molecular weight excluding hydrogens is 528 g/mol. The minimum atomic E-state index is 0.256. The van der Waals surface area contributed by atoms with E-state index < -0.39 is 0 Å². The Kier molecular flexibility index (Phi) is 7.81. The van der Waals surface area contributed by atoms with Crippen LogP contribution in [0.3, 0.4) is 0 Å². The fraction of sp³-hybridized carbons (Fsp3) is 0.278. The van der Waals surface area contributed by atoms with Gasteiger partial charge in [-0.25, -0.2) is 0 Å². The van der Waals surface area contributed by atoms with Gasteiger partial charge in [0.15, 0.2) is 0 Å². The zero-order valence-corrected chi connectivity index (χ0v) is 23.5. The second kappa shape index (κ2) is 12.3. The van der Waals surface area contributed by atoms with Crippen LogP contribution in [0, 0.1) is 0 Å². The Bertz CT molecular complexity index is 1530. The monoisotopic (exact) mass is 562 g/mol. The van der Waals surface area contributed by atoms with Crippen molar-refractivity contribution in [2.24, 2.45) is 0 Å². The molecule has 5 aromatic carbocycles. The lowest BCUT2D eigenvalue weighted by atomic mass is 10.1. The molecule has 2 saturated heterocycles. The Morgan fingerprint density at radius 2 is 0.786 bits per heavy atom. The van der Waals surface area contributed by atoms with Crippen molar-refractivity contribution in [3.63, 3.8) is 0 Å². The zero-order valence-electron chi connectivity index (χ0n) is 23.5. The average Bonchev–Trinajstić information content (AvgIpc) is 3.96. The lowest BCUT2D eigenvalue weighted by Gasteiger charge is -2.10. The first-order chi connectivity index (χ1) is 20.7. The summed E-state index contributed by atoms with van der Waals surface area (Å²) in [7, 11) is 0. The number of ether oxygens (including phenoxy) is 6. The number of hydrogen-bond acceptors (Lipinski definition) is 6. The van der Waals surface area contributed by atoms with Crippen LogP contribution in [0.15, 0.2) is 97.1 Å². The topological polar surface area (TPSA) is 62.0 Å². The lowest BCUT2D eigenvalue weighted by Crippen LogP contribution is -2.04. The van der Waals surface area contributed by atoms with Crippen molar-refractivity contribution in [1.82, 2.24) is 0 Å². The first-order valence-corrected chi connectivity index (χ1v) is 14.6. The van der Waals surface area contributed by atoms with Gasteiger partial charge in [-0.05, 0) is 81.2 Å². The highest BCUT2D eigenvalue weighted by molar-refractivity contribution is 5.86. The molecule has 2 aliphatic rings. The van der Waals surface area contributed by atoms with Crippen LogP contribution in [0.2, 0.25) is 0 Å². The minimum absolute atomic E-state index is 0.256. The van der Waals surface area contributed by atoms with Crippen LogP contribution in [0.5, 0.6) is 23.0 Å². The van der Waals surface area contributed by atoms with E-state index in [4.69, 9.17) is 28.4 Å². The van der Waals surface area contributed by atoms with Gasteiger partial charge in [0.25, 0.3) is 0 Å². The molecule has 0 N–H and O–H groups in total. The van der Waals surface area contributed by atoms with E-state index in [1.165, 1.54) is 11.1 Å². The number of hydrogen-bond donors (Lipinski definition) is 0. The van der Waals surface area contributed by atoms with Crippen molar-refractivity contribution < 1.29 is 28.4 Å². The standard InChI is InChI=1S/C36H34O6/c1-2-26(14-16-38-32-10-6-30-20-34(12-8-28(30)18-32)40-22-36-24-42-36)4-3-25(1)13-15-37-31-9-5-29-19-33(11-7-27(29)17-31)39-21-35-23-41-35/h1-12,17-20,35-36H,13-16,21-24H2. The summed E-state index contributed by atoms with van der Waals surface area (Å²) in [5.41, 5.74) is 2.51. The van der Waals surface area contributed by atoms with Crippen molar-refractivity contribution >= 4 is 21.5 Å². The Morgan fingerprint density at radius 1 is 0.452 bits per heavy atom. The summed E-state index contributed by atoms with van der Waals surface area (Å²) in [6.07, 6.45) is 2.21. The SMILES string of the molecule is c1cc(CCOc2ccc3cc(OCC4CO4)ccc3c2)ccc1CCOc1ccc2cc(OCC3CO3)ccc2c1. The molecule has 0 aromatic heterocycles. The highest BCUT2D eigenvalue weighted by Crippen LogP contribution is 2.27. The summed E-state index contributed by atoms with van der Waals surface area (Å²) in [6, 6.07) is 33.4. The van der Waals surface area contributed by atoms with E-state index in [1.54, 1.807) is 0 Å². The lowest BCUT2D eigenvalue weighted by molar-refractivity contribution is 0.263. The predicted molar refractivity (Wildman–Crippen MR) is 163 cm³/mol. The molecule has 0 radical (unpaired) electrons. The summed E-state index contributed by atoms with van der Waals surface area (Å²) >= 11 is 0. The molecule has 42 heavy (non-hydrogen) atoms. The van der Waals surface area contributed by atoms with Crippen LogP contribution in [-0.4, -0.2) is 51.8 Å². The molecule has 0 bridgehead atoms. The molecule has 2 unspecified atom stereocenters.